The van der Waals surface area contributed by atoms with Crippen molar-refractivity contribution >= 4 is 50.6 Å². The Bertz CT molecular complexity index is 1480. The monoisotopic (exact) mass is 497 g/mol. The maximum atomic E-state index is 13.5. The number of anilines is 1. The molecule has 0 spiro atoms. The lowest BCUT2D eigenvalue weighted by Gasteiger charge is -2.11. The number of halogens is 1. The van der Waals surface area contributed by atoms with Gasteiger partial charge in [-0.15, -0.1) is 11.3 Å². The average Bonchev–Trinajstić information content (AvgIpc) is 3.23. The quantitative estimate of drug-likeness (QED) is 0.382. The number of hydrogen-bond acceptors (Lipinski definition) is 7. The van der Waals surface area contributed by atoms with E-state index in [-0.39, 0.29) is 28.3 Å². The molecule has 2 aromatic carbocycles. The van der Waals surface area contributed by atoms with E-state index >= 15 is 0 Å². The summed E-state index contributed by atoms with van der Waals surface area (Å²) in [7, 11) is 1.44. The van der Waals surface area contributed by atoms with Gasteiger partial charge in [-0.1, -0.05) is 23.7 Å². The molecule has 0 aliphatic carbocycles. The second-order valence-corrected chi connectivity index (χ2v) is 8.59. The fraction of sp³-hybridized carbons (Fsp3) is 0.167. The van der Waals surface area contributed by atoms with Crippen LogP contribution in [0.5, 0.6) is 5.75 Å². The van der Waals surface area contributed by atoms with E-state index in [2.05, 4.69) is 10.4 Å². The molecule has 174 valence electrons. The van der Waals surface area contributed by atoms with Crippen molar-refractivity contribution in [2.24, 2.45) is 0 Å². The van der Waals surface area contributed by atoms with Crippen molar-refractivity contribution in [1.82, 2.24) is 9.78 Å². The average molecular weight is 498 g/mol. The maximum Gasteiger partial charge on any atom is 0.359 e. The molecule has 0 atom stereocenters. The van der Waals surface area contributed by atoms with E-state index in [0.717, 1.165) is 21.6 Å². The highest BCUT2D eigenvalue weighted by Gasteiger charge is 2.24. The van der Waals surface area contributed by atoms with Gasteiger partial charge in [0.2, 0.25) is 0 Å². The third-order valence-corrected chi connectivity index (χ3v) is 6.13. The molecular formula is C24H20ClN3O5S. The van der Waals surface area contributed by atoms with Crippen LogP contribution in [0.1, 0.15) is 33.3 Å². The Morgan fingerprint density at radius 2 is 2.00 bits per heavy atom. The highest BCUT2D eigenvalue weighted by molar-refractivity contribution is 7.16. The first kappa shape index (κ1) is 23.5. The molecule has 1 amide bonds. The fourth-order valence-electron chi connectivity index (χ4n) is 3.45. The molecule has 2 heterocycles. The van der Waals surface area contributed by atoms with Crippen LogP contribution in [0.2, 0.25) is 5.02 Å². The summed E-state index contributed by atoms with van der Waals surface area (Å²) in [5, 5.41) is 9.74. The Morgan fingerprint density at radius 1 is 1.21 bits per heavy atom. The molecule has 34 heavy (non-hydrogen) atoms. The molecular weight excluding hydrogens is 478 g/mol. The van der Waals surface area contributed by atoms with E-state index in [1.165, 1.54) is 13.2 Å². The number of methoxy groups -OCH3 is 1. The first-order valence-corrected chi connectivity index (χ1v) is 11.5. The van der Waals surface area contributed by atoms with Gasteiger partial charge in [-0.25, -0.2) is 4.79 Å². The van der Waals surface area contributed by atoms with Crippen molar-refractivity contribution in [1.29, 1.82) is 0 Å². The van der Waals surface area contributed by atoms with Crippen molar-refractivity contribution in [2.75, 3.05) is 19.0 Å². The number of esters is 1. The summed E-state index contributed by atoms with van der Waals surface area (Å²) in [6, 6.07) is 11.8. The van der Waals surface area contributed by atoms with E-state index in [4.69, 9.17) is 21.1 Å². The lowest BCUT2D eigenvalue weighted by molar-refractivity contribution is 0.0520. The van der Waals surface area contributed by atoms with Crippen LogP contribution in [0.3, 0.4) is 0 Å². The van der Waals surface area contributed by atoms with Gasteiger partial charge >= 0.3 is 5.97 Å². The van der Waals surface area contributed by atoms with Gasteiger partial charge in [-0.2, -0.15) is 9.78 Å². The van der Waals surface area contributed by atoms with Crippen LogP contribution < -0.4 is 15.6 Å². The number of benzene rings is 2. The Labute approximate surface area is 203 Å². The first-order valence-electron chi connectivity index (χ1n) is 10.3. The normalized spacial score (nSPS) is 10.8. The molecule has 0 unspecified atom stereocenters. The molecule has 4 rings (SSSR count). The largest absolute Gasteiger partial charge is 0.496 e. The first-order chi connectivity index (χ1) is 16.3. The highest BCUT2D eigenvalue weighted by Crippen LogP contribution is 2.32. The molecule has 0 aliphatic rings. The third-order valence-electron chi connectivity index (χ3n) is 5.00. The number of carbonyl (C=O) groups excluding carboxylic acids is 2. The van der Waals surface area contributed by atoms with Gasteiger partial charge in [0.05, 0.1) is 30.4 Å². The number of aryl methyl sites for hydroxylation is 1. The smallest absolute Gasteiger partial charge is 0.359 e. The van der Waals surface area contributed by atoms with Crippen molar-refractivity contribution in [2.45, 2.75) is 13.8 Å². The number of hydrogen-bond donors (Lipinski definition) is 1. The lowest BCUT2D eigenvalue weighted by Crippen LogP contribution is -2.25. The van der Waals surface area contributed by atoms with Crippen LogP contribution in [-0.2, 0) is 4.74 Å². The molecule has 0 bridgehead atoms. The van der Waals surface area contributed by atoms with E-state index < -0.39 is 17.4 Å². The van der Waals surface area contributed by atoms with Gasteiger partial charge < -0.3 is 14.8 Å². The molecule has 0 saturated heterocycles. The number of nitrogens with one attached hydrogen (secondary N) is 1. The summed E-state index contributed by atoms with van der Waals surface area (Å²) in [4.78, 5) is 39.2. The Balaban J connectivity index is 1.89. The minimum atomic E-state index is -0.666. The number of nitrogens with zero attached hydrogens (tertiary/aromatic N) is 2. The number of carbonyl (C=O) groups is 2. The molecule has 4 aromatic rings. The zero-order valence-corrected chi connectivity index (χ0v) is 20.1. The van der Waals surface area contributed by atoms with Gasteiger partial charge in [0.1, 0.15) is 10.8 Å². The molecule has 10 heteroatoms. The summed E-state index contributed by atoms with van der Waals surface area (Å²) in [6.07, 6.45) is 0. The molecule has 2 aromatic heterocycles. The number of rotatable bonds is 6. The van der Waals surface area contributed by atoms with Crippen molar-refractivity contribution in [3.05, 3.63) is 80.0 Å². The Morgan fingerprint density at radius 3 is 2.71 bits per heavy atom. The summed E-state index contributed by atoms with van der Waals surface area (Å²) >= 11 is 7.17. The van der Waals surface area contributed by atoms with Gasteiger partial charge in [0.25, 0.3) is 11.5 Å². The Kier molecular flexibility index (Phi) is 6.67. The van der Waals surface area contributed by atoms with Crippen LogP contribution in [0, 0.1) is 6.92 Å². The van der Waals surface area contributed by atoms with E-state index in [1.54, 1.807) is 42.6 Å². The number of thiophene rings is 1. The SMILES string of the molecule is CCOC(=O)c1nn(-c2cccc(C)c2)c(=O)c2c(NC(=O)c3cc(Cl)ccc3OC)scc12. The van der Waals surface area contributed by atoms with Crippen LogP contribution in [0.25, 0.3) is 16.5 Å². The van der Waals surface area contributed by atoms with Crippen molar-refractivity contribution in [3.63, 3.8) is 0 Å². The predicted octanol–water partition coefficient (Wildman–Crippen LogP) is 4.85. The number of aromatic nitrogens is 2. The van der Waals surface area contributed by atoms with Gasteiger partial charge in [-0.3, -0.25) is 9.59 Å². The van der Waals surface area contributed by atoms with E-state index in [0.29, 0.717) is 21.8 Å². The lowest BCUT2D eigenvalue weighted by atomic mass is 10.1. The molecule has 8 nitrogen and oxygen atoms in total. The predicted molar refractivity (Wildman–Crippen MR) is 132 cm³/mol. The second-order valence-electron chi connectivity index (χ2n) is 7.28. The molecule has 1 N–H and O–H groups in total. The Hall–Kier alpha value is -3.69. The van der Waals surface area contributed by atoms with Crippen molar-refractivity contribution < 1.29 is 19.1 Å². The zero-order chi connectivity index (χ0) is 24.4. The standard InChI is InChI=1S/C24H20ClN3O5S/c1-4-33-24(31)20-17-12-34-22(26-21(29)16-11-14(25)8-9-18(16)32-3)19(17)23(30)28(27-20)15-7-5-6-13(2)10-15/h5-12H,4H2,1-3H3,(H,26,29). The number of ether oxygens (including phenoxy) is 2. The van der Waals surface area contributed by atoms with Crippen molar-refractivity contribution in [3.8, 4) is 11.4 Å². The third kappa shape index (κ3) is 4.40. The van der Waals surface area contributed by atoms with Crippen LogP contribution in [0.15, 0.2) is 52.6 Å². The maximum absolute atomic E-state index is 13.5. The van der Waals surface area contributed by atoms with E-state index in [1.807, 2.05) is 13.0 Å². The molecule has 0 saturated carbocycles. The van der Waals surface area contributed by atoms with Crippen LogP contribution in [0.4, 0.5) is 5.00 Å². The van der Waals surface area contributed by atoms with Gasteiger partial charge in [0.15, 0.2) is 5.69 Å². The minimum absolute atomic E-state index is 0.0185. The summed E-state index contributed by atoms with van der Waals surface area (Å²) in [5.74, 6) is -0.853. The zero-order valence-electron chi connectivity index (χ0n) is 18.5. The number of amides is 1. The fourth-order valence-corrected chi connectivity index (χ4v) is 4.56. The topological polar surface area (TPSA) is 99.5 Å². The molecule has 0 radical (unpaired) electrons. The summed E-state index contributed by atoms with van der Waals surface area (Å²) in [6.45, 7) is 3.71. The summed E-state index contributed by atoms with van der Waals surface area (Å²) < 4.78 is 11.6. The van der Waals surface area contributed by atoms with E-state index in [9.17, 15) is 14.4 Å². The van der Waals surface area contributed by atoms with Crippen LogP contribution in [-0.4, -0.2) is 35.4 Å². The molecule has 0 aliphatic heterocycles. The minimum Gasteiger partial charge on any atom is -0.496 e. The summed E-state index contributed by atoms with van der Waals surface area (Å²) in [5.41, 5.74) is 1.10. The second kappa shape index (κ2) is 9.66. The highest BCUT2D eigenvalue weighted by atomic mass is 35.5. The van der Waals surface area contributed by atoms with Crippen LogP contribution >= 0.6 is 22.9 Å². The van der Waals surface area contributed by atoms with Gasteiger partial charge in [-0.05, 0) is 49.7 Å². The molecule has 0 fully saturated rings. The van der Waals surface area contributed by atoms with Gasteiger partial charge in [0, 0.05) is 15.8 Å². The number of fused-ring (bicyclic) bond motifs is 1.